The van der Waals surface area contributed by atoms with Crippen LogP contribution in [0.2, 0.25) is 5.02 Å². The molecule has 1 aromatic carbocycles. The molecule has 0 unspecified atom stereocenters. The molecule has 2 saturated heterocycles. The number of rotatable bonds is 6. The van der Waals surface area contributed by atoms with Crippen LogP contribution < -0.4 is 15.5 Å². The molecule has 9 nitrogen and oxygen atoms in total. The lowest BCUT2D eigenvalue weighted by atomic mass is 9.96. The summed E-state index contributed by atoms with van der Waals surface area (Å²) in [5.41, 5.74) is 1.76. The highest BCUT2D eigenvalue weighted by molar-refractivity contribution is 6.30. The highest BCUT2D eigenvalue weighted by Gasteiger charge is 2.45. The van der Waals surface area contributed by atoms with Crippen molar-refractivity contribution < 1.29 is 14.3 Å². The number of nitrogens with one attached hydrogen (secondary N) is 2. The molecule has 10 heteroatoms. The molecule has 1 aromatic heterocycles. The normalized spacial score (nSPS) is 24.1. The minimum Gasteiger partial charge on any atom is -0.441 e. The van der Waals surface area contributed by atoms with Crippen molar-refractivity contribution in [2.24, 2.45) is 0 Å². The molecule has 186 valence electrons. The Morgan fingerprint density at radius 1 is 1.20 bits per heavy atom. The molecule has 0 radical (unpaired) electrons. The molecule has 35 heavy (non-hydrogen) atoms. The van der Waals surface area contributed by atoms with E-state index in [-0.39, 0.29) is 30.0 Å². The second-order valence-corrected chi connectivity index (χ2v) is 10.3. The molecule has 3 aliphatic rings. The van der Waals surface area contributed by atoms with Gasteiger partial charge in [-0.15, -0.1) is 0 Å². The number of carbonyl (C=O) groups excluding carboxylic acids is 2. The third kappa shape index (κ3) is 4.67. The Labute approximate surface area is 210 Å². The van der Waals surface area contributed by atoms with Crippen LogP contribution in [0.1, 0.15) is 56.8 Å². The minimum atomic E-state index is -0.503. The van der Waals surface area contributed by atoms with Gasteiger partial charge in [0.15, 0.2) is 0 Å². The van der Waals surface area contributed by atoms with E-state index in [2.05, 4.69) is 39.3 Å². The van der Waals surface area contributed by atoms with E-state index in [4.69, 9.17) is 16.3 Å². The van der Waals surface area contributed by atoms with Gasteiger partial charge in [-0.3, -0.25) is 10.1 Å². The monoisotopic (exact) mass is 498 g/mol. The van der Waals surface area contributed by atoms with E-state index in [0.29, 0.717) is 30.5 Å². The fraction of sp³-hybridized carbons (Fsp3) is 0.520. The van der Waals surface area contributed by atoms with E-state index in [1.165, 1.54) is 6.33 Å². The summed E-state index contributed by atoms with van der Waals surface area (Å²) < 4.78 is 5.39. The zero-order valence-electron chi connectivity index (χ0n) is 20.2. The summed E-state index contributed by atoms with van der Waals surface area (Å²) in [5.74, 6) is 1.14. The lowest BCUT2D eigenvalue weighted by molar-refractivity contribution is -0.133. The van der Waals surface area contributed by atoms with Crippen LogP contribution in [0.4, 0.5) is 16.4 Å². The van der Waals surface area contributed by atoms with Crippen LogP contribution in [-0.4, -0.2) is 64.6 Å². The van der Waals surface area contributed by atoms with Crippen LogP contribution in [-0.2, 0) is 9.53 Å². The molecule has 0 saturated carbocycles. The van der Waals surface area contributed by atoms with Gasteiger partial charge in [0, 0.05) is 42.8 Å². The van der Waals surface area contributed by atoms with Crippen molar-refractivity contribution in [1.82, 2.24) is 20.2 Å². The summed E-state index contributed by atoms with van der Waals surface area (Å²) in [7, 11) is 0. The number of amides is 2. The number of benzene rings is 1. The number of nitrogens with zero attached hydrogens (tertiary/aromatic N) is 4. The third-order valence-electron chi connectivity index (χ3n) is 7.11. The van der Waals surface area contributed by atoms with Gasteiger partial charge >= 0.3 is 6.09 Å². The molecule has 2 aromatic rings. The second kappa shape index (κ2) is 9.62. The number of piperazine rings is 1. The Bertz CT molecular complexity index is 1100. The van der Waals surface area contributed by atoms with Gasteiger partial charge in [-0.25, -0.2) is 14.8 Å². The highest BCUT2D eigenvalue weighted by Crippen LogP contribution is 2.41. The van der Waals surface area contributed by atoms with Gasteiger partial charge in [-0.2, -0.15) is 0 Å². The zero-order chi connectivity index (χ0) is 24.7. The number of hydrogen-bond acceptors (Lipinski definition) is 7. The maximum atomic E-state index is 13.8. The molecule has 2 fully saturated rings. The highest BCUT2D eigenvalue weighted by atomic mass is 35.5. The third-order valence-corrected chi connectivity index (χ3v) is 7.36. The van der Waals surface area contributed by atoms with Crippen molar-refractivity contribution >= 4 is 35.2 Å². The average molecular weight is 499 g/mol. The average Bonchev–Trinajstić information content (AvgIpc) is 3.08. The van der Waals surface area contributed by atoms with Crippen molar-refractivity contribution in [3.05, 3.63) is 46.7 Å². The first-order chi connectivity index (χ1) is 16.8. The summed E-state index contributed by atoms with van der Waals surface area (Å²) in [6.07, 6.45) is 2.49. The molecule has 3 aliphatic heterocycles. The molecule has 4 atom stereocenters. The Kier molecular flexibility index (Phi) is 6.55. The Morgan fingerprint density at radius 2 is 1.89 bits per heavy atom. The summed E-state index contributed by atoms with van der Waals surface area (Å²) in [6, 6.07) is 8.14. The van der Waals surface area contributed by atoms with Gasteiger partial charge in [0.2, 0.25) is 5.91 Å². The summed E-state index contributed by atoms with van der Waals surface area (Å²) in [6.45, 7) is 7.82. The number of likely N-dealkylation sites (tertiary alicyclic amines) is 1. The standard InChI is InChI=1S/C25H31ClN6O3/c1-14(2)27-10-20(16-4-6-17(26)7-5-16)24(33)31-11-18-8-9-19(12-31)32(18)23-21-15(3)35-25(34)30-22(21)28-13-29-23/h4-7,13-15,18-20,27H,8-12H2,1-3H3,(H,28,29,30,34)/t15-,18-,19+,20+/m0/s1. The molecular weight excluding hydrogens is 468 g/mol. The van der Waals surface area contributed by atoms with Crippen molar-refractivity contribution in [1.29, 1.82) is 0 Å². The van der Waals surface area contributed by atoms with Crippen LogP contribution in [0.3, 0.4) is 0 Å². The Balaban J connectivity index is 1.38. The predicted molar refractivity (Wildman–Crippen MR) is 134 cm³/mol. The maximum Gasteiger partial charge on any atom is 0.413 e. The van der Waals surface area contributed by atoms with E-state index in [0.717, 1.165) is 29.8 Å². The number of cyclic esters (lactones) is 1. The van der Waals surface area contributed by atoms with Crippen LogP contribution >= 0.6 is 11.6 Å². The van der Waals surface area contributed by atoms with Crippen molar-refractivity contribution in [3.8, 4) is 0 Å². The summed E-state index contributed by atoms with van der Waals surface area (Å²) in [4.78, 5) is 38.8. The van der Waals surface area contributed by atoms with E-state index >= 15 is 0 Å². The van der Waals surface area contributed by atoms with Crippen molar-refractivity contribution in [3.63, 3.8) is 0 Å². The quantitative estimate of drug-likeness (QED) is 0.626. The van der Waals surface area contributed by atoms with E-state index in [9.17, 15) is 9.59 Å². The smallest absolute Gasteiger partial charge is 0.413 e. The lowest BCUT2D eigenvalue weighted by Gasteiger charge is -2.44. The molecule has 2 bridgehead atoms. The first-order valence-electron chi connectivity index (χ1n) is 12.2. The molecule has 5 rings (SSSR count). The van der Waals surface area contributed by atoms with E-state index in [1.807, 2.05) is 36.1 Å². The number of fused-ring (bicyclic) bond motifs is 3. The van der Waals surface area contributed by atoms with E-state index in [1.54, 1.807) is 0 Å². The topological polar surface area (TPSA) is 99.7 Å². The van der Waals surface area contributed by atoms with Gasteiger partial charge < -0.3 is 19.9 Å². The minimum absolute atomic E-state index is 0.130. The van der Waals surface area contributed by atoms with Crippen LogP contribution in [0.15, 0.2) is 30.6 Å². The fourth-order valence-corrected chi connectivity index (χ4v) is 5.58. The number of hydrogen-bond donors (Lipinski definition) is 2. The summed E-state index contributed by atoms with van der Waals surface area (Å²) in [5, 5.41) is 6.78. The second-order valence-electron chi connectivity index (χ2n) is 9.83. The van der Waals surface area contributed by atoms with Gasteiger partial charge in [0.25, 0.3) is 0 Å². The predicted octanol–water partition coefficient (Wildman–Crippen LogP) is 3.71. The van der Waals surface area contributed by atoms with Crippen LogP contribution in [0.25, 0.3) is 0 Å². The molecule has 2 N–H and O–H groups in total. The largest absolute Gasteiger partial charge is 0.441 e. The number of carbonyl (C=O) groups is 2. The van der Waals surface area contributed by atoms with E-state index < -0.39 is 12.2 Å². The van der Waals surface area contributed by atoms with Crippen LogP contribution in [0.5, 0.6) is 0 Å². The number of ether oxygens (including phenoxy) is 1. The zero-order valence-corrected chi connectivity index (χ0v) is 21.0. The van der Waals surface area contributed by atoms with Gasteiger partial charge in [0.1, 0.15) is 24.1 Å². The first kappa shape index (κ1) is 23.8. The number of anilines is 2. The molecular formula is C25H31ClN6O3. The van der Waals surface area contributed by atoms with Crippen LogP contribution in [0, 0.1) is 0 Å². The fourth-order valence-electron chi connectivity index (χ4n) is 5.46. The first-order valence-corrected chi connectivity index (χ1v) is 12.6. The molecule has 0 spiro atoms. The van der Waals surface area contributed by atoms with Crippen molar-refractivity contribution in [2.45, 2.75) is 63.8 Å². The molecule has 0 aliphatic carbocycles. The van der Waals surface area contributed by atoms with Gasteiger partial charge in [-0.1, -0.05) is 37.6 Å². The molecule has 2 amide bonds. The number of aromatic nitrogens is 2. The molecule has 4 heterocycles. The Morgan fingerprint density at radius 3 is 2.54 bits per heavy atom. The van der Waals surface area contributed by atoms with Gasteiger partial charge in [-0.05, 0) is 37.5 Å². The summed E-state index contributed by atoms with van der Waals surface area (Å²) >= 11 is 6.10. The maximum absolute atomic E-state index is 13.8. The van der Waals surface area contributed by atoms with Crippen molar-refractivity contribution in [2.75, 3.05) is 29.9 Å². The SMILES string of the molecule is CC(C)NC[C@@H](C(=O)N1C[C@H]2CC[C@@H](C1)N2c1ncnc2c1[C@H](C)OC(=O)N2)c1ccc(Cl)cc1. The number of halogens is 1. The van der Waals surface area contributed by atoms with Gasteiger partial charge in [0.05, 0.1) is 11.5 Å². The lowest BCUT2D eigenvalue weighted by Crippen LogP contribution is -2.57. The Hall–Kier alpha value is -2.91.